The summed E-state index contributed by atoms with van der Waals surface area (Å²) in [4.78, 5) is 53.2. The molecule has 6 atom stereocenters. The SMILES string of the molecule is COC(=O)C12C=C(OC(=O)CCc3ccccc3)C(=O)[C@@H]3[C@@]4(N)C[C@@H](c5ccoc5)OC(=O)[C@@H]4CC[C@]31C2. The molecule has 3 fully saturated rings. The number of fused-ring (bicyclic) bond motifs is 2. The lowest BCUT2D eigenvalue weighted by Crippen LogP contribution is -2.68. The van der Waals surface area contributed by atoms with E-state index in [4.69, 9.17) is 24.4 Å². The zero-order valence-electron chi connectivity index (χ0n) is 21.0. The van der Waals surface area contributed by atoms with Gasteiger partial charge in [0.05, 0.1) is 36.9 Å². The van der Waals surface area contributed by atoms with Gasteiger partial charge < -0.3 is 24.4 Å². The van der Waals surface area contributed by atoms with Crippen molar-refractivity contribution in [2.45, 2.75) is 50.2 Å². The molecule has 6 rings (SSSR count). The van der Waals surface area contributed by atoms with Gasteiger partial charge in [0.25, 0.3) is 0 Å². The third-order valence-electron chi connectivity index (χ3n) is 9.09. The monoisotopic (exact) mass is 519 g/mol. The van der Waals surface area contributed by atoms with Crippen molar-refractivity contribution < 1.29 is 37.8 Å². The molecule has 1 spiro atoms. The average Bonchev–Trinajstić information content (AvgIpc) is 3.24. The van der Waals surface area contributed by atoms with Gasteiger partial charge in [0.2, 0.25) is 5.78 Å². The Morgan fingerprint density at radius 2 is 1.95 bits per heavy atom. The van der Waals surface area contributed by atoms with Crippen LogP contribution in [0.2, 0.25) is 0 Å². The molecular weight excluding hydrogens is 490 g/mol. The average molecular weight is 520 g/mol. The second-order valence-corrected chi connectivity index (χ2v) is 11.0. The van der Waals surface area contributed by atoms with Crippen molar-refractivity contribution in [3.63, 3.8) is 0 Å². The fraction of sp³-hybridized carbons (Fsp3) is 0.448. The molecule has 1 aromatic carbocycles. The zero-order chi connectivity index (χ0) is 26.7. The van der Waals surface area contributed by atoms with Crippen LogP contribution in [0, 0.1) is 22.7 Å². The molecule has 4 aliphatic rings. The van der Waals surface area contributed by atoms with E-state index >= 15 is 0 Å². The molecule has 38 heavy (non-hydrogen) atoms. The maximum atomic E-state index is 14.1. The molecule has 2 saturated carbocycles. The summed E-state index contributed by atoms with van der Waals surface area (Å²) in [5.74, 6) is -3.86. The summed E-state index contributed by atoms with van der Waals surface area (Å²) >= 11 is 0. The Hall–Kier alpha value is -3.72. The standard InChI is InChI=1S/C29H29NO8/c1-35-26(34)28-13-21(37-22(31)8-7-17-5-3-2-4-6-17)23(32)24-27(28,16-28)11-9-19-25(33)38-20(14-29(19,24)30)18-10-12-36-15-18/h2-6,10,12-13,15,19-20,24H,7-9,11,14,16,30H2,1H3/t19-,20-,24-,27-,28?,29+/m0/s1. The minimum atomic E-state index is -1.31. The number of hydrogen-bond acceptors (Lipinski definition) is 9. The molecule has 3 aliphatic carbocycles. The van der Waals surface area contributed by atoms with Gasteiger partial charge in [-0.1, -0.05) is 30.3 Å². The van der Waals surface area contributed by atoms with Gasteiger partial charge >= 0.3 is 17.9 Å². The van der Waals surface area contributed by atoms with Crippen molar-refractivity contribution in [1.82, 2.24) is 0 Å². The predicted octanol–water partition coefficient (Wildman–Crippen LogP) is 3.18. The van der Waals surface area contributed by atoms with Gasteiger partial charge in [-0.3, -0.25) is 19.2 Å². The smallest absolute Gasteiger partial charge is 0.316 e. The number of nitrogens with two attached hydrogens (primary N) is 1. The normalized spacial score (nSPS) is 35.1. The molecule has 198 valence electrons. The van der Waals surface area contributed by atoms with Crippen LogP contribution >= 0.6 is 0 Å². The number of carbonyl (C=O) groups excluding carboxylic acids is 4. The second-order valence-electron chi connectivity index (χ2n) is 11.0. The summed E-state index contributed by atoms with van der Waals surface area (Å²) in [6, 6.07) is 11.2. The van der Waals surface area contributed by atoms with Crippen molar-refractivity contribution in [2.75, 3.05) is 7.11 Å². The fourth-order valence-corrected chi connectivity index (χ4v) is 7.27. The number of benzene rings is 1. The highest BCUT2D eigenvalue weighted by molar-refractivity contribution is 6.05. The molecule has 2 aromatic rings. The minimum absolute atomic E-state index is 0.0565. The van der Waals surface area contributed by atoms with Crippen molar-refractivity contribution in [2.24, 2.45) is 28.4 Å². The summed E-state index contributed by atoms with van der Waals surface area (Å²) in [5.41, 5.74) is 5.41. The van der Waals surface area contributed by atoms with E-state index in [0.717, 1.165) is 5.56 Å². The number of cyclic esters (lactones) is 1. The molecule has 9 heteroatoms. The number of carbonyl (C=O) groups is 4. The molecule has 0 radical (unpaired) electrons. The molecule has 0 bridgehead atoms. The van der Waals surface area contributed by atoms with Gasteiger partial charge in [0.15, 0.2) is 5.76 Å². The van der Waals surface area contributed by atoms with E-state index in [1.165, 1.54) is 25.7 Å². The Bertz CT molecular complexity index is 1330. The first-order valence-electron chi connectivity index (χ1n) is 12.9. The first kappa shape index (κ1) is 24.6. The van der Waals surface area contributed by atoms with Crippen molar-refractivity contribution in [1.29, 1.82) is 0 Å². The number of allylic oxidation sites excluding steroid dienone is 1. The maximum absolute atomic E-state index is 14.1. The molecule has 2 heterocycles. The summed E-state index contributed by atoms with van der Waals surface area (Å²) < 4.78 is 21.7. The fourth-order valence-electron chi connectivity index (χ4n) is 7.27. The number of hydrogen-bond donors (Lipinski definition) is 1. The van der Waals surface area contributed by atoms with E-state index in [0.29, 0.717) is 31.2 Å². The minimum Gasteiger partial charge on any atom is -0.472 e. The second kappa shape index (κ2) is 8.66. The van der Waals surface area contributed by atoms with E-state index in [2.05, 4.69) is 0 Å². The number of aryl methyl sites for hydroxylation is 1. The van der Waals surface area contributed by atoms with E-state index in [1.807, 2.05) is 30.3 Å². The number of ketones is 1. The number of rotatable bonds is 6. The highest BCUT2D eigenvalue weighted by Crippen LogP contribution is 2.78. The molecule has 2 N–H and O–H groups in total. The topological polar surface area (TPSA) is 135 Å². The predicted molar refractivity (Wildman–Crippen MR) is 131 cm³/mol. The largest absolute Gasteiger partial charge is 0.472 e. The Kier molecular flexibility index (Phi) is 5.61. The third-order valence-corrected chi connectivity index (χ3v) is 9.09. The molecule has 1 saturated heterocycles. The summed E-state index contributed by atoms with van der Waals surface area (Å²) in [5, 5.41) is 0. The number of esters is 3. The molecule has 0 amide bonds. The lowest BCUT2D eigenvalue weighted by molar-refractivity contribution is -0.179. The van der Waals surface area contributed by atoms with Gasteiger partial charge in [-0.05, 0) is 43.4 Å². The summed E-state index contributed by atoms with van der Waals surface area (Å²) in [6.45, 7) is 0. The summed E-state index contributed by atoms with van der Waals surface area (Å²) in [7, 11) is 1.30. The van der Waals surface area contributed by atoms with Crippen LogP contribution in [0.3, 0.4) is 0 Å². The molecule has 1 aromatic heterocycles. The van der Waals surface area contributed by atoms with E-state index in [1.54, 1.807) is 6.07 Å². The first-order chi connectivity index (χ1) is 18.2. The Morgan fingerprint density at radius 3 is 2.66 bits per heavy atom. The van der Waals surface area contributed by atoms with Crippen LogP contribution in [0.15, 0.2) is 65.2 Å². The number of furan rings is 1. The summed E-state index contributed by atoms with van der Waals surface area (Å²) in [6.07, 6.45) is 5.56. The Labute approximate surface area is 219 Å². The van der Waals surface area contributed by atoms with Crippen LogP contribution in [0.1, 0.15) is 49.3 Å². The van der Waals surface area contributed by atoms with Gasteiger partial charge in [-0.15, -0.1) is 0 Å². The maximum Gasteiger partial charge on any atom is 0.316 e. The van der Waals surface area contributed by atoms with Gasteiger partial charge in [-0.25, -0.2) is 0 Å². The lowest BCUT2D eigenvalue weighted by atomic mass is 9.52. The first-order valence-corrected chi connectivity index (χ1v) is 12.9. The third kappa shape index (κ3) is 3.48. The van der Waals surface area contributed by atoms with Crippen LogP contribution in [0.5, 0.6) is 0 Å². The number of Topliss-reactive ketones (excluding diaryl/α,β-unsaturated/α-hetero) is 1. The molecule has 1 aliphatic heterocycles. The van der Waals surface area contributed by atoms with E-state index in [-0.39, 0.29) is 18.6 Å². The van der Waals surface area contributed by atoms with Gasteiger partial charge in [0, 0.05) is 29.4 Å². The number of methoxy groups -OCH3 is 1. The molecular formula is C29H29NO8. The van der Waals surface area contributed by atoms with Crippen molar-refractivity contribution in [3.8, 4) is 0 Å². The molecule has 9 nitrogen and oxygen atoms in total. The van der Waals surface area contributed by atoms with Crippen LogP contribution in [-0.4, -0.2) is 36.3 Å². The highest BCUT2D eigenvalue weighted by atomic mass is 16.6. The Morgan fingerprint density at radius 1 is 1.16 bits per heavy atom. The highest BCUT2D eigenvalue weighted by Gasteiger charge is 2.82. The van der Waals surface area contributed by atoms with E-state index in [9.17, 15) is 19.2 Å². The number of ether oxygens (including phenoxy) is 3. The van der Waals surface area contributed by atoms with Crippen LogP contribution in [-0.2, 0) is 39.8 Å². The zero-order valence-corrected chi connectivity index (χ0v) is 21.0. The van der Waals surface area contributed by atoms with Crippen molar-refractivity contribution >= 4 is 23.7 Å². The lowest BCUT2D eigenvalue weighted by Gasteiger charge is -2.54. The van der Waals surface area contributed by atoms with Crippen LogP contribution in [0.4, 0.5) is 0 Å². The van der Waals surface area contributed by atoms with Crippen molar-refractivity contribution in [3.05, 3.63) is 71.9 Å². The van der Waals surface area contributed by atoms with Gasteiger partial charge in [0.1, 0.15) is 6.10 Å². The van der Waals surface area contributed by atoms with Crippen LogP contribution in [0.25, 0.3) is 0 Å². The molecule has 1 unspecified atom stereocenters. The quantitative estimate of drug-likeness (QED) is 0.451. The van der Waals surface area contributed by atoms with E-state index < -0.39 is 58.0 Å². The van der Waals surface area contributed by atoms with Gasteiger partial charge in [-0.2, -0.15) is 0 Å². The Balaban J connectivity index is 1.34. The van der Waals surface area contributed by atoms with Crippen LogP contribution < -0.4 is 5.73 Å².